The van der Waals surface area contributed by atoms with Gasteiger partial charge in [0.1, 0.15) is 12.1 Å². The normalized spacial score (nSPS) is 24.0. The van der Waals surface area contributed by atoms with Gasteiger partial charge in [0.25, 0.3) is 0 Å². The highest BCUT2D eigenvalue weighted by Gasteiger charge is 2.31. The number of halogens is 1. The number of alkyl halides is 1. The summed E-state index contributed by atoms with van der Waals surface area (Å²) in [5.74, 6) is 1.53. The maximum absolute atomic E-state index is 11.4. The Morgan fingerprint density at radius 3 is 3.22 bits per heavy atom. The molecular formula is C11H14BrN5O. The molecule has 0 radical (unpaired) electrons. The molecule has 2 atom stereocenters. The van der Waals surface area contributed by atoms with Crippen molar-refractivity contribution in [3.8, 4) is 0 Å². The number of anilines is 1. The van der Waals surface area contributed by atoms with Crippen molar-refractivity contribution in [2.75, 3.05) is 16.8 Å². The number of nitrogens with zero attached hydrogens (tertiary/aromatic N) is 4. The third-order valence-corrected chi connectivity index (χ3v) is 4.29. The lowest BCUT2D eigenvalue weighted by molar-refractivity contribution is 0.553. The number of aromatic nitrogens is 4. The Morgan fingerprint density at radius 2 is 2.44 bits per heavy atom. The van der Waals surface area contributed by atoms with Crippen LogP contribution in [0.2, 0.25) is 0 Å². The molecule has 1 aliphatic rings. The maximum atomic E-state index is 11.4. The molecule has 2 unspecified atom stereocenters. The van der Waals surface area contributed by atoms with Crippen LogP contribution in [0.15, 0.2) is 17.2 Å². The monoisotopic (exact) mass is 311 g/mol. The average Bonchev–Trinajstić information content (AvgIpc) is 2.93. The summed E-state index contributed by atoms with van der Waals surface area (Å²) < 4.78 is 1.41. The Bertz CT molecular complexity index is 621. The molecule has 3 heterocycles. The number of H-pyrrole nitrogens is 1. The zero-order chi connectivity index (χ0) is 12.7. The quantitative estimate of drug-likeness (QED) is 0.841. The van der Waals surface area contributed by atoms with Crippen LogP contribution in [0.5, 0.6) is 0 Å². The molecule has 0 aliphatic carbocycles. The van der Waals surface area contributed by atoms with Crippen molar-refractivity contribution in [1.29, 1.82) is 0 Å². The van der Waals surface area contributed by atoms with Crippen molar-refractivity contribution in [2.24, 2.45) is 5.92 Å². The molecule has 1 saturated heterocycles. The Balaban J connectivity index is 2.01. The first-order chi connectivity index (χ1) is 8.70. The van der Waals surface area contributed by atoms with Gasteiger partial charge in [0, 0.05) is 24.0 Å². The van der Waals surface area contributed by atoms with Crippen molar-refractivity contribution in [1.82, 2.24) is 19.6 Å². The van der Waals surface area contributed by atoms with E-state index in [0.29, 0.717) is 17.6 Å². The lowest BCUT2D eigenvalue weighted by atomic mass is 10.1. The number of hydrogen-bond acceptors (Lipinski definition) is 4. The number of hydrogen-bond donors (Lipinski definition) is 1. The molecule has 0 saturated carbocycles. The summed E-state index contributed by atoms with van der Waals surface area (Å²) in [4.78, 5) is 18.0. The van der Waals surface area contributed by atoms with E-state index in [0.717, 1.165) is 24.1 Å². The van der Waals surface area contributed by atoms with E-state index in [1.54, 1.807) is 0 Å². The van der Waals surface area contributed by atoms with Crippen LogP contribution in [-0.2, 0) is 0 Å². The summed E-state index contributed by atoms with van der Waals surface area (Å²) in [5.41, 5.74) is 0.355. The first kappa shape index (κ1) is 11.7. The lowest BCUT2D eigenvalue weighted by Gasteiger charge is -2.26. The predicted octanol–water partition coefficient (Wildman–Crippen LogP) is 1.03. The molecule has 6 nitrogen and oxygen atoms in total. The van der Waals surface area contributed by atoms with E-state index in [1.165, 1.54) is 10.7 Å². The molecule has 1 N–H and O–H groups in total. The van der Waals surface area contributed by atoms with Crippen LogP contribution < -0.4 is 10.6 Å². The minimum absolute atomic E-state index is 0.254. The van der Waals surface area contributed by atoms with Crippen molar-refractivity contribution < 1.29 is 0 Å². The van der Waals surface area contributed by atoms with Gasteiger partial charge in [-0.15, -0.1) is 0 Å². The van der Waals surface area contributed by atoms with Gasteiger partial charge in [-0.05, 0) is 12.3 Å². The van der Waals surface area contributed by atoms with Crippen LogP contribution in [-0.4, -0.2) is 37.5 Å². The van der Waals surface area contributed by atoms with Gasteiger partial charge in [-0.25, -0.2) is 19.3 Å². The fourth-order valence-corrected chi connectivity index (χ4v) is 3.47. The van der Waals surface area contributed by atoms with Crippen molar-refractivity contribution in [2.45, 2.75) is 19.4 Å². The minimum atomic E-state index is -0.254. The molecule has 0 bridgehead atoms. The molecule has 3 rings (SSSR count). The highest BCUT2D eigenvalue weighted by atomic mass is 79.9. The van der Waals surface area contributed by atoms with Gasteiger partial charge in [-0.1, -0.05) is 22.9 Å². The SMILES string of the molecule is CC1CCN(c2cc3n[nH]c(=O)n3cn2)C1CBr. The molecule has 18 heavy (non-hydrogen) atoms. The molecule has 2 aromatic heterocycles. The molecule has 2 aromatic rings. The van der Waals surface area contributed by atoms with Crippen LogP contribution >= 0.6 is 15.9 Å². The fourth-order valence-electron chi connectivity index (χ4n) is 2.48. The highest BCUT2D eigenvalue weighted by molar-refractivity contribution is 9.09. The maximum Gasteiger partial charge on any atom is 0.348 e. The van der Waals surface area contributed by atoms with E-state index < -0.39 is 0 Å². The molecule has 1 fully saturated rings. The second kappa shape index (κ2) is 4.38. The van der Waals surface area contributed by atoms with E-state index in [4.69, 9.17) is 0 Å². The van der Waals surface area contributed by atoms with E-state index >= 15 is 0 Å². The lowest BCUT2D eigenvalue weighted by Crippen LogP contribution is -2.34. The summed E-state index contributed by atoms with van der Waals surface area (Å²) in [6, 6.07) is 2.30. The second-order valence-corrected chi connectivity index (χ2v) is 5.33. The molecule has 0 spiro atoms. The van der Waals surface area contributed by atoms with Crippen LogP contribution in [0.25, 0.3) is 5.65 Å². The minimum Gasteiger partial charge on any atom is -0.352 e. The smallest absolute Gasteiger partial charge is 0.348 e. The van der Waals surface area contributed by atoms with Crippen LogP contribution in [0, 0.1) is 5.92 Å². The summed E-state index contributed by atoms with van der Waals surface area (Å²) in [6.07, 6.45) is 2.70. The zero-order valence-electron chi connectivity index (χ0n) is 10.0. The van der Waals surface area contributed by atoms with Gasteiger partial charge in [-0.2, -0.15) is 5.10 Å². The van der Waals surface area contributed by atoms with Crippen molar-refractivity contribution in [3.05, 3.63) is 22.9 Å². The van der Waals surface area contributed by atoms with Crippen LogP contribution in [0.3, 0.4) is 0 Å². The average molecular weight is 312 g/mol. The largest absolute Gasteiger partial charge is 0.352 e. The second-order valence-electron chi connectivity index (χ2n) is 4.69. The third kappa shape index (κ3) is 1.73. The summed E-state index contributed by atoms with van der Waals surface area (Å²) >= 11 is 3.56. The van der Waals surface area contributed by atoms with Gasteiger partial charge in [0.2, 0.25) is 0 Å². The Labute approximate surface area is 112 Å². The van der Waals surface area contributed by atoms with Crippen LogP contribution in [0.4, 0.5) is 5.82 Å². The molecule has 0 amide bonds. The molecule has 7 heteroatoms. The fraction of sp³-hybridized carbons (Fsp3) is 0.545. The third-order valence-electron chi connectivity index (χ3n) is 3.63. The first-order valence-electron chi connectivity index (χ1n) is 5.96. The summed E-state index contributed by atoms with van der Waals surface area (Å²) in [5, 5.41) is 7.31. The van der Waals surface area contributed by atoms with E-state index in [1.807, 2.05) is 6.07 Å². The highest BCUT2D eigenvalue weighted by Crippen LogP contribution is 2.29. The summed E-state index contributed by atoms with van der Waals surface area (Å²) in [6.45, 7) is 3.25. The number of nitrogens with one attached hydrogen (secondary N) is 1. The summed E-state index contributed by atoms with van der Waals surface area (Å²) in [7, 11) is 0. The molecular weight excluding hydrogens is 298 g/mol. The van der Waals surface area contributed by atoms with Gasteiger partial charge in [0.05, 0.1) is 0 Å². The van der Waals surface area contributed by atoms with Crippen molar-refractivity contribution >= 4 is 27.4 Å². The van der Waals surface area contributed by atoms with E-state index in [-0.39, 0.29) is 5.69 Å². The zero-order valence-corrected chi connectivity index (χ0v) is 11.6. The van der Waals surface area contributed by atoms with Gasteiger partial charge in [-0.3, -0.25) is 0 Å². The number of fused-ring (bicyclic) bond motifs is 1. The Morgan fingerprint density at radius 1 is 1.61 bits per heavy atom. The van der Waals surface area contributed by atoms with Gasteiger partial charge >= 0.3 is 5.69 Å². The Hall–Kier alpha value is -1.37. The van der Waals surface area contributed by atoms with Gasteiger partial charge in [0.15, 0.2) is 5.65 Å². The van der Waals surface area contributed by atoms with E-state index in [2.05, 4.69) is 42.9 Å². The number of aromatic amines is 1. The predicted molar refractivity (Wildman–Crippen MR) is 72.3 cm³/mol. The molecule has 1 aliphatic heterocycles. The first-order valence-corrected chi connectivity index (χ1v) is 7.08. The molecule has 0 aromatic carbocycles. The number of rotatable bonds is 2. The van der Waals surface area contributed by atoms with Crippen LogP contribution in [0.1, 0.15) is 13.3 Å². The molecule has 96 valence electrons. The van der Waals surface area contributed by atoms with E-state index in [9.17, 15) is 4.79 Å². The topological polar surface area (TPSA) is 66.3 Å². The standard InChI is InChI=1S/C11H14BrN5O/c1-7-2-3-16(8(7)5-12)9-4-10-14-15-11(18)17(10)6-13-9/h4,6-8H,2-3,5H2,1H3,(H,15,18). The van der Waals surface area contributed by atoms with Crippen molar-refractivity contribution in [3.63, 3.8) is 0 Å². The Kier molecular flexibility index (Phi) is 2.85. The van der Waals surface area contributed by atoms with Gasteiger partial charge < -0.3 is 4.90 Å².